The number of phenolic OH excluding ortho intramolecular Hbond substituents is 2. The van der Waals surface area contributed by atoms with Crippen LogP contribution in [-0.4, -0.2) is 23.2 Å². The zero-order valence-corrected chi connectivity index (χ0v) is 18.1. The second-order valence-electron chi connectivity index (χ2n) is 6.06. The monoisotopic (exact) mass is 492 g/mol. The molecule has 152 valence electrons. The molecule has 3 rings (SSSR count). The summed E-state index contributed by atoms with van der Waals surface area (Å²) in [5.41, 5.74) is -0.582. The first kappa shape index (κ1) is 22.0. The molecule has 0 radical (unpaired) electrons. The van der Waals surface area contributed by atoms with Gasteiger partial charge in [0.2, 0.25) is 0 Å². The molecule has 0 saturated heterocycles. The summed E-state index contributed by atoms with van der Waals surface area (Å²) in [5, 5.41) is 19.7. The molecule has 0 aromatic heterocycles. The average molecular weight is 494 g/mol. The van der Waals surface area contributed by atoms with E-state index in [9.17, 15) is 23.2 Å². The van der Waals surface area contributed by atoms with Gasteiger partial charge in [-0.05, 0) is 24.3 Å². The summed E-state index contributed by atoms with van der Waals surface area (Å²) in [6, 6.07) is 11.5. The van der Waals surface area contributed by atoms with Crippen LogP contribution >= 0.6 is 46.4 Å². The van der Waals surface area contributed by atoms with E-state index < -0.39 is 20.6 Å². The maximum Gasteiger partial charge on any atom is 0.283 e. The molecule has 3 aromatic rings. The Hall–Kier alpha value is -1.67. The van der Waals surface area contributed by atoms with Crippen molar-refractivity contribution >= 4 is 56.5 Å². The van der Waals surface area contributed by atoms with Crippen LogP contribution in [0.2, 0.25) is 20.1 Å². The molecular weight excluding hydrogens is 482 g/mol. The van der Waals surface area contributed by atoms with Gasteiger partial charge >= 0.3 is 0 Å². The summed E-state index contributed by atoms with van der Waals surface area (Å²) < 4.78 is 34.0. The minimum Gasteiger partial charge on any atom is -0.508 e. The third-order valence-corrected chi connectivity index (χ3v) is 7.46. The van der Waals surface area contributed by atoms with Crippen LogP contribution in [0, 0.1) is 0 Å². The van der Waals surface area contributed by atoms with Crippen LogP contribution in [0.3, 0.4) is 0 Å². The molecule has 0 aliphatic rings. The molecule has 0 bridgehead atoms. The topological polar surface area (TPSA) is 94.8 Å². The van der Waals surface area contributed by atoms with Gasteiger partial charge in [0, 0.05) is 21.7 Å². The van der Waals surface area contributed by atoms with Gasteiger partial charge in [-0.2, -0.15) is 8.42 Å². The number of benzene rings is 3. The van der Waals surface area contributed by atoms with Crippen molar-refractivity contribution in [3.63, 3.8) is 0 Å². The second kappa shape index (κ2) is 7.87. The lowest BCUT2D eigenvalue weighted by atomic mass is 9.83. The highest BCUT2D eigenvalue weighted by atomic mass is 35.5. The molecule has 3 N–H and O–H groups in total. The highest BCUT2D eigenvalue weighted by Gasteiger charge is 2.52. The summed E-state index contributed by atoms with van der Waals surface area (Å²) in [7, 11) is -5.11. The fourth-order valence-corrected chi connectivity index (χ4v) is 5.67. The Morgan fingerprint density at radius 1 is 0.724 bits per heavy atom. The molecule has 0 spiro atoms. The average Bonchev–Trinajstić information content (AvgIpc) is 2.63. The van der Waals surface area contributed by atoms with Crippen molar-refractivity contribution in [2.75, 3.05) is 0 Å². The Kier molecular flexibility index (Phi) is 5.98. The molecule has 0 aliphatic carbocycles. The van der Waals surface area contributed by atoms with Gasteiger partial charge in [-0.25, -0.2) is 0 Å². The largest absolute Gasteiger partial charge is 0.508 e. The molecule has 3 aromatic carbocycles. The molecule has 29 heavy (non-hydrogen) atoms. The van der Waals surface area contributed by atoms with E-state index in [2.05, 4.69) is 0 Å². The first-order valence-corrected chi connectivity index (χ1v) is 10.9. The smallest absolute Gasteiger partial charge is 0.283 e. The Morgan fingerprint density at radius 2 is 1.34 bits per heavy atom. The Bertz CT molecular complexity index is 1210. The van der Waals surface area contributed by atoms with Gasteiger partial charge < -0.3 is 10.2 Å². The van der Waals surface area contributed by atoms with Gasteiger partial charge in [0.05, 0.1) is 15.1 Å². The first-order valence-electron chi connectivity index (χ1n) is 7.90. The van der Waals surface area contributed by atoms with Crippen LogP contribution in [0.15, 0.2) is 54.6 Å². The Morgan fingerprint density at radius 3 is 1.93 bits per heavy atom. The van der Waals surface area contributed by atoms with E-state index in [1.165, 1.54) is 48.5 Å². The van der Waals surface area contributed by atoms with Crippen molar-refractivity contribution in [3.05, 3.63) is 91.4 Å². The zero-order valence-electron chi connectivity index (χ0n) is 14.3. The summed E-state index contributed by atoms with van der Waals surface area (Å²) >= 11 is 24.8. The normalized spacial score (nSPS) is 13.8. The minimum atomic E-state index is -5.11. The van der Waals surface area contributed by atoms with Crippen molar-refractivity contribution in [1.82, 2.24) is 0 Å². The molecule has 0 aliphatic heterocycles. The molecule has 1 unspecified atom stereocenters. The number of halogens is 4. The van der Waals surface area contributed by atoms with Gasteiger partial charge in [-0.15, -0.1) is 0 Å². The van der Waals surface area contributed by atoms with Crippen molar-refractivity contribution in [2.24, 2.45) is 0 Å². The summed E-state index contributed by atoms with van der Waals surface area (Å²) in [4.78, 5) is 0. The van der Waals surface area contributed by atoms with Crippen molar-refractivity contribution in [1.29, 1.82) is 0 Å². The fourth-order valence-electron chi connectivity index (χ4n) is 3.21. The Balaban J connectivity index is 2.63. The molecule has 0 fully saturated rings. The van der Waals surface area contributed by atoms with Gasteiger partial charge in [-0.1, -0.05) is 76.7 Å². The van der Waals surface area contributed by atoms with Crippen LogP contribution in [0.4, 0.5) is 0 Å². The number of hydrogen-bond acceptors (Lipinski definition) is 4. The number of aromatic hydroxyl groups is 2. The van der Waals surface area contributed by atoms with E-state index in [4.69, 9.17) is 46.4 Å². The standard InChI is InChI=1S/C19H12Cl4O5S/c20-14-8-7-13(17(22)18(14)23)19(29(26,27)28,12-3-1-2-4-16(12)25)11-6-5-10(24)9-15(11)21/h1-9,24-25H,(H,26,27,28). The third kappa shape index (κ3) is 3.54. The van der Waals surface area contributed by atoms with Crippen LogP contribution in [0.1, 0.15) is 16.7 Å². The van der Waals surface area contributed by atoms with E-state index >= 15 is 0 Å². The number of hydrogen-bond donors (Lipinski definition) is 3. The van der Waals surface area contributed by atoms with E-state index in [1.54, 1.807) is 0 Å². The van der Waals surface area contributed by atoms with Crippen molar-refractivity contribution in [3.8, 4) is 11.5 Å². The number of para-hydroxylation sites is 1. The number of rotatable bonds is 4. The molecule has 10 heteroatoms. The van der Waals surface area contributed by atoms with E-state index in [0.29, 0.717) is 0 Å². The van der Waals surface area contributed by atoms with E-state index in [0.717, 1.165) is 6.07 Å². The summed E-state index contributed by atoms with van der Waals surface area (Å²) in [6.07, 6.45) is 0. The lowest BCUT2D eigenvalue weighted by molar-refractivity contribution is 0.440. The lowest BCUT2D eigenvalue weighted by Crippen LogP contribution is -2.39. The third-order valence-electron chi connectivity index (χ3n) is 4.42. The van der Waals surface area contributed by atoms with Gasteiger partial charge in [-0.3, -0.25) is 4.55 Å². The predicted octanol–water partition coefficient (Wildman–Crippen LogP) is 5.89. The molecular formula is C19H12Cl4O5S. The molecule has 0 heterocycles. The van der Waals surface area contributed by atoms with E-state index in [-0.39, 0.29) is 42.5 Å². The molecule has 1 atom stereocenters. The molecule has 0 saturated carbocycles. The van der Waals surface area contributed by atoms with Gasteiger partial charge in [0.25, 0.3) is 10.1 Å². The Labute approximate surface area is 186 Å². The summed E-state index contributed by atoms with van der Waals surface area (Å²) in [5.74, 6) is -0.683. The lowest BCUT2D eigenvalue weighted by Gasteiger charge is -2.34. The second-order valence-corrected chi connectivity index (χ2v) is 9.19. The molecule has 5 nitrogen and oxygen atoms in total. The van der Waals surface area contributed by atoms with Crippen molar-refractivity contribution < 1.29 is 23.2 Å². The highest BCUT2D eigenvalue weighted by molar-refractivity contribution is 7.87. The van der Waals surface area contributed by atoms with Crippen LogP contribution in [0.5, 0.6) is 11.5 Å². The molecule has 0 amide bonds. The van der Waals surface area contributed by atoms with E-state index in [1.807, 2.05) is 0 Å². The van der Waals surface area contributed by atoms with Crippen LogP contribution < -0.4 is 0 Å². The van der Waals surface area contributed by atoms with Crippen molar-refractivity contribution in [2.45, 2.75) is 4.75 Å². The first-order chi connectivity index (χ1) is 13.5. The summed E-state index contributed by atoms with van der Waals surface area (Å²) in [6.45, 7) is 0. The van der Waals surface area contributed by atoms with Crippen LogP contribution in [0.25, 0.3) is 0 Å². The maximum absolute atomic E-state index is 13.0. The van der Waals surface area contributed by atoms with Crippen LogP contribution in [-0.2, 0) is 14.9 Å². The SMILES string of the molecule is O=S(=O)(O)C(c1ccccc1O)(c1ccc(O)cc1Cl)c1ccc(Cl)c(Cl)c1Cl. The predicted molar refractivity (Wildman–Crippen MR) is 114 cm³/mol. The highest BCUT2D eigenvalue weighted by Crippen LogP contribution is 2.52. The fraction of sp³-hybridized carbons (Fsp3) is 0.0526. The quantitative estimate of drug-likeness (QED) is 0.239. The van der Waals surface area contributed by atoms with Gasteiger partial charge in [0.1, 0.15) is 11.5 Å². The number of phenols is 2. The zero-order chi connectivity index (χ0) is 21.6. The van der Waals surface area contributed by atoms with Gasteiger partial charge in [0.15, 0.2) is 4.75 Å². The minimum absolute atomic E-state index is 0.0544. The maximum atomic E-state index is 13.0.